The van der Waals surface area contributed by atoms with E-state index in [0.29, 0.717) is 44.9 Å². The Morgan fingerprint density at radius 1 is 1.05 bits per heavy atom. The molecule has 2 aromatic carbocycles. The molecule has 0 amide bonds. The first-order chi connectivity index (χ1) is 20.5. The van der Waals surface area contributed by atoms with Crippen LogP contribution < -0.4 is 4.57 Å². The van der Waals surface area contributed by atoms with Crippen LogP contribution in [-0.2, 0) is 33.7 Å². The topological polar surface area (TPSA) is 60.3 Å². The van der Waals surface area contributed by atoms with E-state index in [-0.39, 0.29) is 11.9 Å². The van der Waals surface area contributed by atoms with Crippen molar-refractivity contribution in [2.24, 2.45) is 0 Å². The second kappa shape index (κ2) is 16.0. The number of nitrogens with zero attached hydrogens (tertiary/aromatic N) is 3. The summed E-state index contributed by atoms with van der Waals surface area (Å²) in [6, 6.07) is 16.3. The molecule has 4 rings (SSSR count). The molecule has 1 atom stereocenters. The number of nitriles is 1. The van der Waals surface area contributed by atoms with Crippen molar-refractivity contribution < 1.29 is 23.2 Å². The summed E-state index contributed by atoms with van der Waals surface area (Å²) in [6.07, 6.45) is 19.6. The highest BCUT2D eigenvalue weighted by Gasteiger charge is 2.32. The van der Waals surface area contributed by atoms with Gasteiger partial charge in [0, 0.05) is 6.42 Å². The van der Waals surface area contributed by atoms with E-state index in [9.17, 15) is 4.39 Å². The summed E-state index contributed by atoms with van der Waals surface area (Å²) in [7, 11) is 0. The number of imidazole rings is 1. The summed E-state index contributed by atoms with van der Waals surface area (Å²) in [4.78, 5) is 0. The van der Waals surface area contributed by atoms with Crippen molar-refractivity contribution in [3.05, 3.63) is 120 Å². The molecule has 1 heterocycles. The molecule has 0 fully saturated rings. The van der Waals surface area contributed by atoms with Gasteiger partial charge in [0.25, 0.3) is 0 Å². The van der Waals surface area contributed by atoms with Crippen molar-refractivity contribution in [1.82, 2.24) is 4.57 Å². The van der Waals surface area contributed by atoms with Gasteiger partial charge in [-0.05, 0) is 72.4 Å². The van der Waals surface area contributed by atoms with E-state index in [0.717, 1.165) is 36.0 Å². The van der Waals surface area contributed by atoms with Crippen LogP contribution in [0.25, 0.3) is 6.08 Å². The molecule has 0 spiro atoms. The van der Waals surface area contributed by atoms with Gasteiger partial charge >= 0.3 is 0 Å². The molecular weight excluding hydrogens is 529 g/mol. The third-order valence-corrected chi connectivity index (χ3v) is 7.04. The molecule has 0 N–H and O–H groups in total. The lowest BCUT2D eigenvalue weighted by Gasteiger charge is -2.33. The maximum Gasteiger partial charge on any atom is 0.244 e. The molecule has 1 unspecified atom stereocenters. The Bertz CT molecular complexity index is 1380. The van der Waals surface area contributed by atoms with E-state index in [1.807, 2.05) is 42.6 Å². The average molecular weight is 571 g/mol. The van der Waals surface area contributed by atoms with Gasteiger partial charge in [0.15, 0.2) is 5.79 Å². The number of ether oxygens (including phenoxy) is 3. The fourth-order valence-corrected chi connectivity index (χ4v) is 4.71. The molecule has 0 saturated heterocycles. The minimum atomic E-state index is -0.726. The molecule has 1 aliphatic carbocycles. The van der Waals surface area contributed by atoms with E-state index < -0.39 is 5.79 Å². The molecule has 7 heteroatoms. The zero-order valence-electron chi connectivity index (χ0n) is 24.6. The lowest BCUT2D eigenvalue weighted by Crippen LogP contribution is -2.36. The maximum atomic E-state index is 13.2. The monoisotopic (exact) mass is 570 g/mol. The van der Waals surface area contributed by atoms with Crippen molar-refractivity contribution in [3.63, 3.8) is 0 Å². The first-order valence-corrected chi connectivity index (χ1v) is 14.8. The Kier molecular flexibility index (Phi) is 11.8. The molecular formula is C35H41FN3O3+. The van der Waals surface area contributed by atoms with Gasteiger partial charge in [-0.25, -0.2) is 13.5 Å². The lowest BCUT2D eigenvalue weighted by atomic mass is 9.97. The Morgan fingerprint density at radius 3 is 2.43 bits per heavy atom. The molecule has 1 aromatic heterocycles. The summed E-state index contributed by atoms with van der Waals surface area (Å²) in [5, 5.41) is 9.08. The minimum absolute atomic E-state index is 0.161. The third kappa shape index (κ3) is 9.35. The van der Waals surface area contributed by atoms with Crippen molar-refractivity contribution >= 4 is 6.08 Å². The van der Waals surface area contributed by atoms with Crippen molar-refractivity contribution in [1.29, 1.82) is 5.26 Å². The molecule has 0 radical (unpaired) electrons. The second-order valence-electron chi connectivity index (χ2n) is 10.4. The van der Waals surface area contributed by atoms with E-state index in [2.05, 4.69) is 59.8 Å². The number of rotatable bonds is 16. The predicted molar refractivity (Wildman–Crippen MR) is 162 cm³/mol. The molecule has 42 heavy (non-hydrogen) atoms. The number of aromatic nitrogens is 2. The summed E-state index contributed by atoms with van der Waals surface area (Å²) in [5.74, 6) is -0.960. The fraction of sp³-hybridized carbons (Fsp3) is 0.371. The van der Waals surface area contributed by atoms with Crippen LogP contribution in [0, 0.1) is 17.1 Å². The highest BCUT2D eigenvalue weighted by molar-refractivity contribution is 5.48. The fourth-order valence-electron chi connectivity index (χ4n) is 4.71. The molecule has 3 aromatic rings. The summed E-state index contributed by atoms with van der Waals surface area (Å²) in [6.45, 7) is 7.37. The van der Waals surface area contributed by atoms with Crippen LogP contribution >= 0.6 is 0 Å². The number of allylic oxidation sites excluding steroid dienone is 1. The highest BCUT2D eigenvalue weighted by Crippen LogP contribution is 2.29. The van der Waals surface area contributed by atoms with Crippen LogP contribution in [0.15, 0.2) is 97.1 Å². The van der Waals surface area contributed by atoms with E-state index in [4.69, 9.17) is 19.5 Å². The van der Waals surface area contributed by atoms with E-state index in [1.165, 1.54) is 12.1 Å². The van der Waals surface area contributed by atoms with Crippen LogP contribution in [0.4, 0.5) is 4.39 Å². The minimum Gasteiger partial charge on any atom is -0.369 e. The molecule has 0 bridgehead atoms. The van der Waals surface area contributed by atoms with Gasteiger partial charge in [-0.1, -0.05) is 56.3 Å². The molecule has 6 nitrogen and oxygen atoms in total. The van der Waals surface area contributed by atoms with Gasteiger partial charge in [0.1, 0.15) is 37.4 Å². The smallest absolute Gasteiger partial charge is 0.244 e. The van der Waals surface area contributed by atoms with Gasteiger partial charge in [-0.3, -0.25) is 0 Å². The summed E-state index contributed by atoms with van der Waals surface area (Å²) >= 11 is 0. The SMILES string of the molecule is CCCOC1(OCCC)C=CC(C(Cn2cc[n+](CC=Cc3ccc(F)cc3)c2)OCCc2ccc(C#N)cc2)=CC1. The Balaban J connectivity index is 1.43. The number of hydrogen-bond acceptors (Lipinski definition) is 4. The summed E-state index contributed by atoms with van der Waals surface area (Å²) < 4.78 is 36.2. The van der Waals surface area contributed by atoms with Gasteiger partial charge in [-0.15, -0.1) is 0 Å². The van der Waals surface area contributed by atoms with Crippen LogP contribution in [0.2, 0.25) is 0 Å². The molecule has 1 aliphatic rings. The van der Waals surface area contributed by atoms with Crippen molar-refractivity contribution in [2.75, 3.05) is 19.8 Å². The largest absolute Gasteiger partial charge is 0.369 e. The van der Waals surface area contributed by atoms with Crippen molar-refractivity contribution in [2.45, 2.75) is 64.5 Å². The third-order valence-electron chi connectivity index (χ3n) is 7.04. The number of halogens is 1. The zero-order valence-corrected chi connectivity index (χ0v) is 24.6. The quantitative estimate of drug-likeness (QED) is 0.145. The average Bonchev–Trinajstić information content (AvgIpc) is 3.47. The first-order valence-electron chi connectivity index (χ1n) is 14.8. The first kappa shape index (κ1) is 31.1. The van der Waals surface area contributed by atoms with Gasteiger partial charge < -0.3 is 14.2 Å². The van der Waals surface area contributed by atoms with Gasteiger partial charge in [0.2, 0.25) is 6.33 Å². The lowest BCUT2D eigenvalue weighted by molar-refractivity contribution is -0.686. The predicted octanol–water partition coefficient (Wildman–Crippen LogP) is 6.56. The van der Waals surface area contributed by atoms with Crippen molar-refractivity contribution in [3.8, 4) is 6.07 Å². The molecule has 0 aliphatic heterocycles. The van der Waals surface area contributed by atoms with E-state index >= 15 is 0 Å². The Labute approximate surface area is 249 Å². The van der Waals surface area contributed by atoms with Crippen LogP contribution in [0.3, 0.4) is 0 Å². The second-order valence-corrected chi connectivity index (χ2v) is 10.4. The maximum absolute atomic E-state index is 13.2. The Hall–Kier alpha value is -3.83. The number of benzene rings is 2. The molecule has 0 saturated carbocycles. The highest BCUT2D eigenvalue weighted by atomic mass is 19.1. The molecule has 220 valence electrons. The van der Waals surface area contributed by atoms with Gasteiger partial charge in [0.05, 0.1) is 31.5 Å². The van der Waals surface area contributed by atoms with E-state index in [1.54, 1.807) is 12.1 Å². The normalized spacial score (nSPS) is 15.0. The van der Waals surface area contributed by atoms with Crippen LogP contribution in [0.5, 0.6) is 0 Å². The standard InChI is InChI=1S/C35H41FN3O3/c1-3-23-41-35(42-24-4-2)18-15-32(16-19-35)34(40-25-17-30-7-9-31(26-37)10-8-30)27-39-22-21-38(28-39)20-5-6-29-11-13-33(36)14-12-29/h5-16,18,21-22,28,34H,3-4,17,19-20,23-25,27H2,1-2H3/q+1. The zero-order chi connectivity index (χ0) is 29.6. The number of hydrogen-bond donors (Lipinski definition) is 0. The van der Waals surface area contributed by atoms with Crippen LogP contribution in [0.1, 0.15) is 49.8 Å². The summed E-state index contributed by atoms with van der Waals surface area (Å²) in [5.41, 5.74) is 3.85. The van der Waals surface area contributed by atoms with Gasteiger partial charge in [-0.2, -0.15) is 5.26 Å². The Morgan fingerprint density at radius 2 is 1.79 bits per heavy atom. The van der Waals surface area contributed by atoms with Crippen LogP contribution in [-0.4, -0.2) is 36.3 Å².